The molecule has 162 valence electrons. The Morgan fingerprint density at radius 3 is 2.48 bits per heavy atom. The van der Waals surface area contributed by atoms with E-state index in [4.69, 9.17) is 10.5 Å². The lowest BCUT2D eigenvalue weighted by atomic mass is 9.79. The summed E-state index contributed by atoms with van der Waals surface area (Å²) < 4.78 is 47.3. The lowest BCUT2D eigenvalue weighted by Gasteiger charge is -2.28. The van der Waals surface area contributed by atoms with Gasteiger partial charge in [-0.25, -0.2) is 13.2 Å². The molecule has 3 aromatic rings. The standard InChI is InChI=1S/C23H18F3NO3.ClH/c24-17-9-8-15(21(25)22(17)26)14-3-1-2-4-19(14)30-13-7-5-12-6-10-18(27)20(23(28)29)16(12)11-13;/h1-5,7-9,11,18,20H,6,10,27H2,(H,28,29);1H. The van der Waals surface area contributed by atoms with Crippen LogP contribution in [-0.4, -0.2) is 17.1 Å². The van der Waals surface area contributed by atoms with Crippen LogP contribution in [0.5, 0.6) is 11.5 Å². The molecule has 4 rings (SSSR count). The number of fused-ring (bicyclic) bond motifs is 1. The predicted octanol–water partition coefficient (Wildman–Crippen LogP) is 5.43. The second kappa shape index (κ2) is 8.99. The molecule has 4 nitrogen and oxygen atoms in total. The Bertz CT molecular complexity index is 1140. The molecule has 0 spiro atoms. The zero-order valence-electron chi connectivity index (χ0n) is 16.1. The van der Waals surface area contributed by atoms with Gasteiger partial charge in [0.05, 0.1) is 5.92 Å². The van der Waals surface area contributed by atoms with Crippen LogP contribution in [0.25, 0.3) is 11.1 Å². The maximum atomic E-state index is 14.3. The molecule has 0 saturated heterocycles. The smallest absolute Gasteiger partial charge is 0.312 e. The van der Waals surface area contributed by atoms with E-state index in [1.165, 1.54) is 6.07 Å². The minimum absolute atomic E-state index is 0. The van der Waals surface area contributed by atoms with Gasteiger partial charge in [-0.1, -0.05) is 24.3 Å². The Morgan fingerprint density at radius 1 is 1.00 bits per heavy atom. The molecule has 0 heterocycles. The summed E-state index contributed by atoms with van der Waals surface area (Å²) in [6.07, 6.45) is 1.24. The second-order valence-corrected chi connectivity index (χ2v) is 7.20. The van der Waals surface area contributed by atoms with Crippen molar-refractivity contribution in [3.8, 4) is 22.6 Å². The minimum atomic E-state index is -1.56. The number of rotatable bonds is 4. The molecule has 0 saturated carbocycles. The summed E-state index contributed by atoms with van der Waals surface area (Å²) in [5.41, 5.74) is 7.56. The summed E-state index contributed by atoms with van der Waals surface area (Å²) >= 11 is 0. The maximum absolute atomic E-state index is 14.3. The molecule has 3 aromatic carbocycles. The van der Waals surface area contributed by atoms with E-state index in [0.717, 1.165) is 17.7 Å². The summed E-state index contributed by atoms with van der Waals surface area (Å²) in [6.45, 7) is 0. The average Bonchev–Trinajstić information content (AvgIpc) is 2.72. The van der Waals surface area contributed by atoms with Gasteiger partial charge < -0.3 is 15.6 Å². The fourth-order valence-electron chi connectivity index (χ4n) is 3.83. The van der Waals surface area contributed by atoms with Crippen LogP contribution in [0.1, 0.15) is 23.5 Å². The van der Waals surface area contributed by atoms with Crippen LogP contribution in [0.15, 0.2) is 54.6 Å². The fraction of sp³-hybridized carbons (Fsp3) is 0.174. The maximum Gasteiger partial charge on any atom is 0.312 e. The molecule has 0 aliphatic heterocycles. The van der Waals surface area contributed by atoms with E-state index >= 15 is 0 Å². The Balaban J connectivity index is 0.00000272. The first-order valence-corrected chi connectivity index (χ1v) is 9.38. The molecule has 2 unspecified atom stereocenters. The number of aliphatic carboxylic acids is 1. The first-order chi connectivity index (χ1) is 14.4. The van der Waals surface area contributed by atoms with Crippen molar-refractivity contribution in [1.29, 1.82) is 0 Å². The Kier molecular flexibility index (Phi) is 6.57. The van der Waals surface area contributed by atoms with Gasteiger partial charge in [-0.2, -0.15) is 0 Å². The number of benzene rings is 3. The number of carboxylic acid groups (broad SMARTS) is 1. The van der Waals surface area contributed by atoms with Crippen molar-refractivity contribution >= 4 is 18.4 Å². The quantitative estimate of drug-likeness (QED) is 0.521. The molecule has 0 amide bonds. The SMILES string of the molecule is Cl.NC1CCc2ccc(Oc3ccccc3-c3ccc(F)c(F)c3F)cc2C1C(=O)O. The van der Waals surface area contributed by atoms with Gasteiger partial charge in [0.2, 0.25) is 0 Å². The number of ether oxygens (including phenoxy) is 1. The molecular weight excluding hydrogens is 431 g/mol. The highest BCUT2D eigenvalue weighted by molar-refractivity contribution is 5.85. The van der Waals surface area contributed by atoms with Crippen molar-refractivity contribution in [3.05, 3.63) is 83.2 Å². The van der Waals surface area contributed by atoms with E-state index < -0.39 is 35.4 Å². The Labute approximate surface area is 182 Å². The van der Waals surface area contributed by atoms with Gasteiger partial charge in [-0.15, -0.1) is 12.4 Å². The molecule has 0 fully saturated rings. The topological polar surface area (TPSA) is 72.5 Å². The third-order valence-electron chi connectivity index (χ3n) is 5.33. The van der Waals surface area contributed by atoms with E-state index in [1.807, 2.05) is 0 Å². The van der Waals surface area contributed by atoms with Crippen LogP contribution in [0.4, 0.5) is 13.2 Å². The van der Waals surface area contributed by atoms with Crippen molar-refractivity contribution in [1.82, 2.24) is 0 Å². The Morgan fingerprint density at radius 2 is 1.74 bits per heavy atom. The fourth-order valence-corrected chi connectivity index (χ4v) is 3.83. The highest BCUT2D eigenvalue weighted by Crippen LogP contribution is 2.38. The van der Waals surface area contributed by atoms with Crippen LogP contribution < -0.4 is 10.5 Å². The van der Waals surface area contributed by atoms with Crippen molar-refractivity contribution in [2.24, 2.45) is 5.73 Å². The minimum Gasteiger partial charge on any atom is -0.481 e. The largest absolute Gasteiger partial charge is 0.481 e. The van der Waals surface area contributed by atoms with E-state index in [9.17, 15) is 23.1 Å². The second-order valence-electron chi connectivity index (χ2n) is 7.20. The van der Waals surface area contributed by atoms with Crippen molar-refractivity contribution in [2.75, 3.05) is 0 Å². The van der Waals surface area contributed by atoms with Gasteiger partial charge in [-0.05, 0) is 54.3 Å². The van der Waals surface area contributed by atoms with Gasteiger partial charge in [0.25, 0.3) is 0 Å². The van der Waals surface area contributed by atoms with Crippen LogP contribution in [0, 0.1) is 17.5 Å². The normalized spacial score (nSPS) is 17.4. The van der Waals surface area contributed by atoms with Crippen molar-refractivity contribution in [2.45, 2.75) is 24.8 Å². The molecule has 2 atom stereocenters. The molecule has 3 N–H and O–H groups in total. The molecule has 31 heavy (non-hydrogen) atoms. The summed E-state index contributed by atoms with van der Waals surface area (Å²) in [7, 11) is 0. The molecule has 8 heteroatoms. The first kappa shape index (κ1) is 22.7. The summed E-state index contributed by atoms with van der Waals surface area (Å²) in [6, 6.07) is 12.9. The zero-order chi connectivity index (χ0) is 21.4. The number of carboxylic acids is 1. The number of hydrogen-bond donors (Lipinski definition) is 2. The third kappa shape index (κ3) is 4.24. The van der Waals surface area contributed by atoms with E-state index in [2.05, 4.69) is 0 Å². The number of halogens is 4. The highest BCUT2D eigenvalue weighted by Gasteiger charge is 2.33. The molecular formula is C23H19ClF3NO3. The van der Waals surface area contributed by atoms with E-state index in [0.29, 0.717) is 24.2 Å². The van der Waals surface area contributed by atoms with Crippen LogP contribution in [0.3, 0.4) is 0 Å². The summed E-state index contributed by atoms with van der Waals surface area (Å²) in [5, 5.41) is 9.58. The molecule has 0 bridgehead atoms. The monoisotopic (exact) mass is 449 g/mol. The van der Waals surface area contributed by atoms with Gasteiger partial charge >= 0.3 is 5.97 Å². The summed E-state index contributed by atoms with van der Waals surface area (Å²) in [4.78, 5) is 11.7. The summed E-state index contributed by atoms with van der Waals surface area (Å²) in [5.74, 6) is -5.46. The van der Waals surface area contributed by atoms with Gasteiger partial charge in [0.15, 0.2) is 17.5 Å². The van der Waals surface area contributed by atoms with E-state index in [1.54, 1.807) is 36.4 Å². The number of hydrogen-bond acceptors (Lipinski definition) is 3. The molecule has 1 aliphatic carbocycles. The average molecular weight is 450 g/mol. The number of carbonyl (C=O) groups is 1. The van der Waals surface area contributed by atoms with Gasteiger partial charge in [-0.3, -0.25) is 4.79 Å². The van der Waals surface area contributed by atoms with Gasteiger partial charge in [0.1, 0.15) is 11.5 Å². The molecule has 0 radical (unpaired) electrons. The predicted molar refractivity (Wildman–Crippen MR) is 112 cm³/mol. The van der Waals surface area contributed by atoms with Crippen LogP contribution >= 0.6 is 12.4 Å². The number of para-hydroxylation sites is 1. The zero-order valence-corrected chi connectivity index (χ0v) is 17.0. The third-order valence-corrected chi connectivity index (χ3v) is 5.33. The molecule has 0 aromatic heterocycles. The number of nitrogens with two attached hydrogens (primary N) is 1. The van der Waals surface area contributed by atoms with Crippen molar-refractivity contribution in [3.63, 3.8) is 0 Å². The van der Waals surface area contributed by atoms with Crippen molar-refractivity contribution < 1.29 is 27.8 Å². The molecule has 1 aliphatic rings. The van der Waals surface area contributed by atoms with Gasteiger partial charge in [0, 0.05) is 17.2 Å². The van der Waals surface area contributed by atoms with Crippen LogP contribution in [0.2, 0.25) is 0 Å². The lowest BCUT2D eigenvalue weighted by Crippen LogP contribution is -2.37. The lowest BCUT2D eigenvalue weighted by molar-refractivity contribution is -0.139. The number of aryl methyl sites for hydroxylation is 1. The van der Waals surface area contributed by atoms with Crippen LogP contribution in [-0.2, 0) is 11.2 Å². The Hall–Kier alpha value is -3.03. The first-order valence-electron chi connectivity index (χ1n) is 9.38. The highest BCUT2D eigenvalue weighted by atomic mass is 35.5. The van der Waals surface area contributed by atoms with E-state index in [-0.39, 0.29) is 29.3 Å².